The lowest BCUT2D eigenvalue weighted by atomic mass is 10.2. The molecule has 0 bridgehead atoms. The van der Waals surface area contributed by atoms with Gasteiger partial charge in [0.25, 0.3) is 5.91 Å². The molecule has 0 fully saturated rings. The summed E-state index contributed by atoms with van der Waals surface area (Å²) in [4.78, 5) is 34.7. The van der Waals surface area contributed by atoms with E-state index < -0.39 is 34.6 Å². The number of imide groups is 1. The molecule has 11 heteroatoms. The van der Waals surface area contributed by atoms with Crippen LogP contribution in [0.15, 0.2) is 23.1 Å². The van der Waals surface area contributed by atoms with Gasteiger partial charge in [-0.25, -0.2) is 18.0 Å². The van der Waals surface area contributed by atoms with E-state index in [2.05, 4.69) is 4.74 Å². The summed E-state index contributed by atoms with van der Waals surface area (Å²) in [5, 5.41) is 1.82. The monoisotopic (exact) mass is 420 g/mol. The highest BCUT2D eigenvalue weighted by Gasteiger charge is 2.24. The Morgan fingerprint density at radius 3 is 2.30 bits per heavy atom. The summed E-state index contributed by atoms with van der Waals surface area (Å²) in [6, 6.07) is 3.62. The Balaban J connectivity index is 2.92. The molecule has 0 saturated heterocycles. The van der Waals surface area contributed by atoms with Gasteiger partial charge in [0.1, 0.15) is 0 Å². The maximum Gasteiger partial charge on any atom is 0.413 e. The van der Waals surface area contributed by atoms with E-state index in [1.54, 1.807) is 20.8 Å². The number of benzene rings is 1. The van der Waals surface area contributed by atoms with E-state index in [1.807, 2.05) is 5.32 Å². The van der Waals surface area contributed by atoms with Crippen molar-refractivity contribution in [3.8, 4) is 0 Å². The predicted octanol–water partition coefficient (Wildman–Crippen LogP) is 1.80. The van der Waals surface area contributed by atoms with Crippen molar-refractivity contribution in [1.29, 1.82) is 0 Å². The summed E-state index contributed by atoms with van der Waals surface area (Å²) in [5.41, 5.74) is -0.214. The Hall–Kier alpha value is -2.17. The van der Waals surface area contributed by atoms with E-state index in [0.717, 1.165) is 6.07 Å². The number of nitrogens with one attached hydrogen (secondary N) is 1. The van der Waals surface area contributed by atoms with E-state index in [-0.39, 0.29) is 35.2 Å². The van der Waals surface area contributed by atoms with Crippen LogP contribution in [0, 0.1) is 0 Å². The number of hydrogen-bond donors (Lipinski definition) is 1. The Morgan fingerprint density at radius 1 is 1.11 bits per heavy atom. The normalized spacial score (nSPS) is 11.1. The van der Waals surface area contributed by atoms with E-state index in [4.69, 9.17) is 16.3 Å². The zero-order valence-corrected chi connectivity index (χ0v) is 16.7. The molecule has 0 saturated carbocycles. The van der Waals surface area contributed by atoms with Crippen molar-refractivity contribution >= 4 is 39.6 Å². The summed E-state index contributed by atoms with van der Waals surface area (Å²) in [6.07, 6.45) is -0.969. The standard InChI is InChI=1S/C16H21ClN2O7S/c1-4-19(5-2)27(23,24)11-7-8-13(17)12(9-11)15(21)26-10-14(20)18-16(22)25-6-3/h7-9H,4-6,10H2,1-3H3,(H,18,20,22). The zero-order chi connectivity index (χ0) is 20.6. The molecule has 1 N–H and O–H groups in total. The van der Waals surface area contributed by atoms with Gasteiger partial charge in [-0.1, -0.05) is 25.4 Å². The Kier molecular flexibility index (Phi) is 8.67. The number of rotatable bonds is 8. The molecule has 0 unspecified atom stereocenters. The topological polar surface area (TPSA) is 119 Å². The van der Waals surface area contributed by atoms with Crippen molar-refractivity contribution in [2.24, 2.45) is 0 Å². The Bertz CT molecular complexity index is 807. The first-order chi connectivity index (χ1) is 12.7. The quantitative estimate of drug-likeness (QED) is 0.636. The molecule has 9 nitrogen and oxygen atoms in total. The van der Waals surface area contributed by atoms with Crippen LogP contribution < -0.4 is 5.32 Å². The van der Waals surface area contributed by atoms with Gasteiger partial charge in [-0.05, 0) is 25.1 Å². The van der Waals surface area contributed by atoms with Gasteiger partial charge in [0.05, 0.1) is 22.1 Å². The number of ether oxygens (including phenoxy) is 2. The fraction of sp³-hybridized carbons (Fsp3) is 0.438. The number of carbonyl (C=O) groups excluding carboxylic acids is 3. The smallest absolute Gasteiger partial charge is 0.413 e. The van der Waals surface area contributed by atoms with Gasteiger partial charge >= 0.3 is 12.1 Å². The van der Waals surface area contributed by atoms with Crippen LogP contribution in [0.4, 0.5) is 4.79 Å². The van der Waals surface area contributed by atoms with E-state index in [0.29, 0.717) is 0 Å². The molecular weight excluding hydrogens is 400 g/mol. The van der Waals surface area contributed by atoms with Crippen LogP contribution in [-0.2, 0) is 24.3 Å². The number of amides is 2. The highest BCUT2D eigenvalue weighted by Crippen LogP contribution is 2.23. The predicted molar refractivity (Wildman–Crippen MR) is 97.0 cm³/mol. The Labute approximate surface area is 162 Å². The van der Waals surface area contributed by atoms with Crippen LogP contribution in [0.1, 0.15) is 31.1 Å². The van der Waals surface area contributed by atoms with Crippen molar-refractivity contribution < 1.29 is 32.3 Å². The number of sulfonamides is 1. The van der Waals surface area contributed by atoms with Gasteiger partial charge in [-0.2, -0.15) is 4.31 Å². The van der Waals surface area contributed by atoms with Crippen LogP contribution in [0.5, 0.6) is 0 Å². The highest BCUT2D eigenvalue weighted by molar-refractivity contribution is 7.89. The van der Waals surface area contributed by atoms with Crippen LogP contribution in [0.3, 0.4) is 0 Å². The van der Waals surface area contributed by atoms with Crippen LogP contribution in [0.25, 0.3) is 0 Å². The number of carbonyl (C=O) groups is 3. The molecule has 1 aromatic rings. The molecule has 1 rings (SSSR count). The maximum atomic E-state index is 12.5. The van der Waals surface area contributed by atoms with Crippen LogP contribution >= 0.6 is 11.6 Å². The number of hydrogen-bond acceptors (Lipinski definition) is 7. The molecule has 1 aromatic carbocycles. The molecule has 27 heavy (non-hydrogen) atoms. The number of esters is 1. The lowest BCUT2D eigenvalue weighted by Crippen LogP contribution is -2.34. The van der Waals surface area contributed by atoms with Gasteiger partial charge in [0.2, 0.25) is 10.0 Å². The van der Waals surface area contributed by atoms with Gasteiger partial charge in [-0.3, -0.25) is 10.1 Å². The fourth-order valence-electron chi connectivity index (χ4n) is 2.06. The third-order valence-electron chi connectivity index (χ3n) is 3.35. The molecule has 0 aliphatic heterocycles. The van der Waals surface area contributed by atoms with Crippen molar-refractivity contribution in [3.63, 3.8) is 0 Å². The third kappa shape index (κ3) is 6.19. The van der Waals surface area contributed by atoms with Gasteiger partial charge in [0, 0.05) is 13.1 Å². The van der Waals surface area contributed by atoms with Gasteiger partial charge in [-0.15, -0.1) is 0 Å². The van der Waals surface area contributed by atoms with Gasteiger partial charge < -0.3 is 9.47 Å². The SMILES string of the molecule is CCOC(=O)NC(=O)COC(=O)c1cc(S(=O)(=O)N(CC)CC)ccc1Cl. The molecule has 0 radical (unpaired) electrons. The molecule has 2 amide bonds. The summed E-state index contributed by atoms with van der Waals surface area (Å²) in [7, 11) is -3.80. The lowest BCUT2D eigenvalue weighted by Gasteiger charge is -2.19. The van der Waals surface area contributed by atoms with Crippen molar-refractivity contribution in [3.05, 3.63) is 28.8 Å². The fourth-order valence-corrected chi connectivity index (χ4v) is 3.74. The summed E-state index contributed by atoms with van der Waals surface area (Å²) in [5.74, 6) is -1.90. The minimum Gasteiger partial charge on any atom is -0.452 e. The molecule has 0 atom stereocenters. The summed E-state index contributed by atoms with van der Waals surface area (Å²) >= 11 is 5.95. The molecule has 0 heterocycles. The number of halogens is 1. The number of nitrogens with zero attached hydrogens (tertiary/aromatic N) is 1. The average Bonchev–Trinajstić information content (AvgIpc) is 2.60. The highest BCUT2D eigenvalue weighted by atomic mass is 35.5. The molecule has 0 aliphatic rings. The molecule has 0 aliphatic carbocycles. The minimum atomic E-state index is -3.80. The van der Waals surface area contributed by atoms with Crippen LogP contribution in [0.2, 0.25) is 5.02 Å². The average molecular weight is 421 g/mol. The first-order valence-corrected chi connectivity index (χ1v) is 9.92. The first-order valence-electron chi connectivity index (χ1n) is 8.10. The summed E-state index contributed by atoms with van der Waals surface area (Å²) in [6.45, 7) is 4.77. The lowest BCUT2D eigenvalue weighted by molar-refractivity contribution is -0.123. The number of alkyl carbamates (subject to hydrolysis) is 1. The van der Waals surface area contributed by atoms with Crippen LogP contribution in [-0.4, -0.2) is 57.0 Å². The second kappa shape index (κ2) is 10.2. The van der Waals surface area contributed by atoms with Crippen molar-refractivity contribution in [2.45, 2.75) is 25.7 Å². The largest absolute Gasteiger partial charge is 0.452 e. The van der Waals surface area contributed by atoms with E-state index >= 15 is 0 Å². The third-order valence-corrected chi connectivity index (χ3v) is 5.73. The second-order valence-electron chi connectivity index (χ2n) is 5.08. The van der Waals surface area contributed by atoms with E-state index in [1.165, 1.54) is 16.4 Å². The molecule has 150 valence electrons. The zero-order valence-electron chi connectivity index (χ0n) is 15.2. The summed E-state index contributed by atoms with van der Waals surface area (Å²) < 4.78 is 35.6. The molecular formula is C16H21ClN2O7S. The van der Waals surface area contributed by atoms with Gasteiger partial charge in [0.15, 0.2) is 6.61 Å². The Morgan fingerprint density at radius 2 is 1.74 bits per heavy atom. The first kappa shape index (κ1) is 22.9. The molecule has 0 aromatic heterocycles. The van der Waals surface area contributed by atoms with E-state index in [9.17, 15) is 22.8 Å². The minimum absolute atomic E-state index is 0.0377. The maximum absolute atomic E-state index is 12.5. The van der Waals surface area contributed by atoms with Crippen molar-refractivity contribution in [2.75, 3.05) is 26.3 Å². The second-order valence-corrected chi connectivity index (χ2v) is 7.42. The molecule has 0 spiro atoms. The van der Waals surface area contributed by atoms with Crippen molar-refractivity contribution in [1.82, 2.24) is 9.62 Å².